The standard InChI is InChI=1S/C21H20ClN7O4/c1-12(20(31)24-15-5-7-16(8-6-15)25-21(32)33-2)23-18(30)10-3-13-11-14(22)4-9-17(13)19-26-28-29-27-19/h3-12H,1-2H3,(H,23,30)(H,24,31)(H,25,32)(H,26,27,28,29)/b10-3+/t12-/m0/s1. The van der Waals surface area contributed by atoms with Crippen molar-refractivity contribution in [2.75, 3.05) is 17.7 Å². The summed E-state index contributed by atoms with van der Waals surface area (Å²) < 4.78 is 4.51. The number of H-pyrrole nitrogens is 1. The number of nitrogens with one attached hydrogen (secondary N) is 4. The zero-order valence-corrected chi connectivity index (χ0v) is 18.4. The molecule has 3 rings (SSSR count). The largest absolute Gasteiger partial charge is 0.453 e. The Morgan fingerprint density at radius 2 is 1.79 bits per heavy atom. The quantitative estimate of drug-likeness (QED) is 0.388. The molecule has 4 N–H and O–H groups in total. The van der Waals surface area contributed by atoms with E-state index in [1.165, 1.54) is 13.2 Å². The second kappa shape index (κ2) is 10.9. The van der Waals surface area contributed by atoms with Gasteiger partial charge >= 0.3 is 6.09 Å². The molecule has 0 saturated carbocycles. The van der Waals surface area contributed by atoms with Gasteiger partial charge in [0.25, 0.3) is 0 Å². The van der Waals surface area contributed by atoms with Gasteiger partial charge in [0.15, 0.2) is 5.82 Å². The second-order valence-corrected chi connectivity index (χ2v) is 7.16. The van der Waals surface area contributed by atoms with Crippen LogP contribution < -0.4 is 16.0 Å². The number of hydrogen-bond donors (Lipinski definition) is 4. The van der Waals surface area contributed by atoms with Crippen LogP contribution in [0.15, 0.2) is 48.5 Å². The first kappa shape index (κ1) is 23.4. The van der Waals surface area contributed by atoms with Crippen LogP contribution in [0.25, 0.3) is 17.5 Å². The zero-order chi connectivity index (χ0) is 23.8. The summed E-state index contributed by atoms with van der Waals surface area (Å²) in [6.45, 7) is 1.55. The number of tetrazole rings is 1. The molecule has 33 heavy (non-hydrogen) atoms. The molecule has 3 amide bonds. The molecular formula is C21H20ClN7O4. The normalized spacial score (nSPS) is 11.6. The summed E-state index contributed by atoms with van der Waals surface area (Å²) in [4.78, 5) is 35.9. The van der Waals surface area contributed by atoms with Crippen LogP contribution in [0.2, 0.25) is 5.02 Å². The summed E-state index contributed by atoms with van der Waals surface area (Å²) in [6.07, 6.45) is 2.24. The van der Waals surface area contributed by atoms with E-state index in [0.29, 0.717) is 33.3 Å². The SMILES string of the molecule is COC(=O)Nc1ccc(NC(=O)[C@H](C)NC(=O)/C=C/c2cc(Cl)ccc2-c2nnn[nH]2)cc1. The van der Waals surface area contributed by atoms with Crippen molar-refractivity contribution in [1.29, 1.82) is 0 Å². The van der Waals surface area contributed by atoms with Crippen molar-refractivity contribution in [3.05, 3.63) is 59.1 Å². The van der Waals surface area contributed by atoms with Crippen LogP contribution in [0, 0.1) is 0 Å². The first-order valence-corrected chi connectivity index (χ1v) is 10.0. The number of anilines is 2. The van der Waals surface area contributed by atoms with E-state index in [1.807, 2.05) is 0 Å². The molecule has 0 aliphatic carbocycles. The van der Waals surface area contributed by atoms with Crippen molar-refractivity contribution in [1.82, 2.24) is 25.9 Å². The van der Waals surface area contributed by atoms with Crippen LogP contribution in [-0.2, 0) is 14.3 Å². The third kappa shape index (κ3) is 6.61. The molecule has 0 fully saturated rings. The molecule has 0 unspecified atom stereocenters. The number of ether oxygens (including phenoxy) is 1. The molecule has 12 heteroatoms. The monoisotopic (exact) mass is 469 g/mol. The molecule has 0 spiro atoms. The van der Waals surface area contributed by atoms with Crippen molar-refractivity contribution in [2.24, 2.45) is 0 Å². The van der Waals surface area contributed by atoms with Gasteiger partial charge in [-0.1, -0.05) is 11.6 Å². The number of halogens is 1. The molecule has 11 nitrogen and oxygen atoms in total. The smallest absolute Gasteiger partial charge is 0.411 e. The lowest BCUT2D eigenvalue weighted by atomic mass is 10.1. The van der Waals surface area contributed by atoms with Crippen molar-refractivity contribution < 1.29 is 19.1 Å². The number of aromatic amines is 1. The molecule has 2 aromatic carbocycles. The molecule has 170 valence electrons. The van der Waals surface area contributed by atoms with Crippen LogP contribution >= 0.6 is 11.6 Å². The van der Waals surface area contributed by atoms with Gasteiger partial charge in [0.05, 0.1) is 7.11 Å². The van der Waals surface area contributed by atoms with Crippen LogP contribution in [-0.4, -0.2) is 51.7 Å². The maximum absolute atomic E-state index is 12.4. The molecule has 0 aliphatic rings. The van der Waals surface area contributed by atoms with Crippen molar-refractivity contribution in [2.45, 2.75) is 13.0 Å². The number of rotatable bonds is 7. The Kier molecular flexibility index (Phi) is 7.71. The van der Waals surface area contributed by atoms with E-state index in [9.17, 15) is 14.4 Å². The Hall–Kier alpha value is -4.25. The number of carbonyl (C=O) groups is 3. The maximum Gasteiger partial charge on any atom is 0.411 e. The van der Waals surface area contributed by atoms with Gasteiger partial charge in [-0.3, -0.25) is 14.9 Å². The fourth-order valence-electron chi connectivity index (χ4n) is 2.71. The van der Waals surface area contributed by atoms with Gasteiger partial charge in [0.1, 0.15) is 6.04 Å². The predicted octanol–water partition coefficient (Wildman–Crippen LogP) is 2.86. The highest BCUT2D eigenvalue weighted by atomic mass is 35.5. The topological polar surface area (TPSA) is 151 Å². The zero-order valence-electron chi connectivity index (χ0n) is 17.6. The molecule has 0 radical (unpaired) electrons. The molecule has 1 aromatic heterocycles. The summed E-state index contributed by atoms with van der Waals surface area (Å²) in [7, 11) is 1.26. The lowest BCUT2D eigenvalue weighted by Crippen LogP contribution is -2.40. The highest BCUT2D eigenvalue weighted by Gasteiger charge is 2.15. The molecular weight excluding hydrogens is 450 g/mol. The number of nitrogens with zero attached hydrogens (tertiary/aromatic N) is 3. The minimum Gasteiger partial charge on any atom is -0.453 e. The van der Waals surface area contributed by atoms with E-state index >= 15 is 0 Å². The van der Waals surface area contributed by atoms with E-state index < -0.39 is 23.9 Å². The van der Waals surface area contributed by atoms with E-state index in [2.05, 4.69) is 41.3 Å². The van der Waals surface area contributed by atoms with Crippen molar-refractivity contribution >= 4 is 47.0 Å². The first-order chi connectivity index (χ1) is 15.9. The molecule has 1 atom stereocenters. The lowest BCUT2D eigenvalue weighted by Gasteiger charge is -2.13. The van der Waals surface area contributed by atoms with Gasteiger partial charge in [0.2, 0.25) is 11.8 Å². The molecule has 0 bridgehead atoms. The molecule has 1 heterocycles. The van der Waals surface area contributed by atoms with Crippen LogP contribution in [0.3, 0.4) is 0 Å². The second-order valence-electron chi connectivity index (χ2n) is 6.73. The Balaban J connectivity index is 1.58. The van der Waals surface area contributed by atoms with Gasteiger partial charge in [-0.15, -0.1) is 5.10 Å². The Morgan fingerprint density at radius 1 is 1.09 bits per heavy atom. The predicted molar refractivity (Wildman–Crippen MR) is 122 cm³/mol. The minimum absolute atomic E-state index is 0.415. The summed E-state index contributed by atoms with van der Waals surface area (Å²) in [5.41, 5.74) is 2.28. The number of methoxy groups -OCH3 is 1. The van der Waals surface area contributed by atoms with Crippen molar-refractivity contribution in [3.8, 4) is 11.4 Å². The van der Waals surface area contributed by atoms with Crippen molar-refractivity contribution in [3.63, 3.8) is 0 Å². The van der Waals surface area contributed by atoms with Gasteiger partial charge in [0, 0.05) is 28.0 Å². The number of benzene rings is 2. The third-order valence-electron chi connectivity index (χ3n) is 4.36. The summed E-state index contributed by atoms with van der Waals surface area (Å²) in [6, 6.07) is 10.7. The summed E-state index contributed by atoms with van der Waals surface area (Å²) in [5, 5.41) is 21.9. The molecule has 0 saturated heterocycles. The van der Waals surface area contributed by atoms with Gasteiger partial charge in [-0.05, 0) is 71.5 Å². The van der Waals surface area contributed by atoms with Gasteiger partial charge in [-0.25, -0.2) is 9.89 Å². The fourth-order valence-corrected chi connectivity index (χ4v) is 2.89. The van der Waals surface area contributed by atoms with E-state index in [0.717, 1.165) is 0 Å². The number of hydrogen-bond acceptors (Lipinski definition) is 7. The third-order valence-corrected chi connectivity index (χ3v) is 4.60. The highest BCUT2D eigenvalue weighted by molar-refractivity contribution is 6.30. The highest BCUT2D eigenvalue weighted by Crippen LogP contribution is 2.24. The van der Waals surface area contributed by atoms with Crippen LogP contribution in [0.4, 0.5) is 16.2 Å². The summed E-state index contributed by atoms with van der Waals surface area (Å²) >= 11 is 6.06. The lowest BCUT2D eigenvalue weighted by molar-refractivity contribution is -0.123. The van der Waals surface area contributed by atoms with Gasteiger partial charge in [-0.2, -0.15) is 0 Å². The van der Waals surface area contributed by atoms with E-state index in [1.54, 1.807) is 55.5 Å². The number of carbonyl (C=O) groups excluding carboxylic acids is 3. The van der Waals surface area contributed by atoms with E-state index in [4.69, 9.17) is 11.6 Å². The molecule has 3 aromatic rings. The number of amides is 3. The Morgan fingerprint density at radius 3 is 2.42 bits per heavy atom. The van der Waals surface area contributed by atoms with E-state index in [-0.39, 0.29) is 0 Å². The van der Waals surface area contributed by atoms with Gasteiger partial charge < -0.3 is 15.4 Å². The molecule has 0 aliphatic heterocycles. The summed E-state index contributed by atoms with van der Waals surface area (Å²) in [5.74, 6) is -0.467. The average molecular weight is 470 g/mol. The first-order valence-electron chi connectivity index (χ1n) is 9.64. The van der Waals surface area contributed by atoms with Crippen LogP contribution in [0.5, 0.6) is 0 Å². The maximum atomic E-state index is 12.4. The Labute approximate surface area is 193 Å². The van der Waals surface area contributed by atoms with Crippen LogP contribution in [0.1, 0.15) is 12.5 Å². The Bertz CT molecular complexity index is 1160. The minimum atomic E-state index is -0.813. The fraction of sp³-hybridized carbons (Fsp3) is 0.143. The number of aromatic nitrogens is 4. The average Bonchev–Trinajstić information content (AvgIpc) is 3.33.